The Kier molecular flexibility index (Phi) is 6.85. The van der Waals surface area contributed by atoms with Crippen LogP contribution >= 0.6 is 0 Å². The Morgan fingerprint density at radius 1 is 1.25 bits per heavy atom. The lowest BCUT2D eigenvalue weighted by atomic mass is 9.76. The molecule has 168 valence electrons. The molecule has 0 N–H and O–H groups in total. The van der Waals surface area contributed by atoms with Crippen molar-refractivity contribution in [3.8, 4) is 17.0 Å². The third kappa shape index (κ3) is 4.99. The number of likely N-dealkylation sites (tertiary alicyclic amines) is 1. The normalized spacial score (nSPS) is 18.9. The van der Waals surface area contributed by atoms with Gasteiger partial charge in [-0.1, -0.05) is 11.2 Å². The monoisotopic (exact) mass is 435 g/mol. The van der Waals surface area contributed by atoms with Gasteiger partial charge in [-0.2, -0.15) is 0 Å². The minimum atomic E-state index is -0.660. The van der Waals surface area contributed by atoms with Gasteiger partial charge in [-0.25, -0.2) is 0 Å². The molecule has 4 rings (SSSR count). The highest BCUT2D eigenvalue weighted by atomic mass is 16.5. The van der Waals surface area contributed by atoms with Crippen LogP contribution in [0, 0.1) is 5.41 Å². The zero-order valence-electron chi connectivity index (χ0n) is 18.6. The maximum absolute atomic E-state index is 13.1. The third-order valence-electron chi connectivity index (χ3n) is 5.95. The number of piperidine rings is 1. The van der Waals surface area contributed by atoms with E-state index in [0.29, 0.717) is 25.3 Å². The van der Waals surface area contributed by atoms with Crippen LogP contribution < -0.4 is 4.74 Å². The second kappa shape index (κ2) is 9.96. The molecule has 1 fully saturated rings. The number of carbonyl (C=O) groups is 1. The summed E-state index contributed by atoms with van der Waals surface area (Å²) in [7, 11) is 1.64. The van der Waals surface area contributed by atoms with Gasteiger partial charge in [0.25, 0.3) is 0 Å². The third-order valence-corrected chi connectivity index (χ3v) is 5.95. The second-order valence-electron chi connectivity index (χ2n) is 8.26. The van der Waals surface area contributed by atoms with E-state index in [-0.39, 0.29) is 5.97 Å². The van der Waals surface area contributed by atoms with Crippen LogP contribution in [0.2, 0.25) is 0 Å². The van der Waals surface area contributed by atoms with E-state index < -0.39 is 5.41 Å². The van der Waals surface area contributed by atoms with Gasteiger partial charge in [-0.15, -0.1) is 0 Å². The summed E-state index contributed by atoms with van der Waals surface area (Å²) in [5.41, 5.74) is 2.15. The van der Waals surface area contributed by atoms with Crippen LogP contribution in [0.25, 0.3) is 11.3 Å². The van der Waals surface area contributed by atoms with Crippen LogP contribution in [0.1, 0.15) is 31.1 Å². The molecule has 0 aliphatic carbocycles. The topological polar surface area (TPSA) is 77.7 Å². The maximum Gasteiger partial charge on any atom is 0.313 e. The van der Waals surface area contributed by atoms with Gasteiger partial charge < -0.3 is 14.0 Å². The average molecular weight is 436 g/mol. The van der Waals surface area contributed by atoms with Crippen LogP contribution in [0.3, 0.4) is 0 Å². The molecule has 1 saturated heterocycles. The number of nitrogens with zero attached hydrogens (tertiary/aromatic N) is 3. The van der Waals surface area contributed by atoms with Gasteiger partial charge in [-0.3, -0.25) is 14.7 Å². The van der Waals surface area contributed by atoms with Gasteiger partial charge in [-0.05, 0) is 62.2 Å². The molecule has 1 unspecified atom stereocenters. The predicted octanol–water partition coefficient (Wildman–Crippen LogP) is 4.13. The first kappa shape index (κ1) is 22.0. The van der Waals surface area contributed by atoms with Crippen LogP contribution in [0.5, 0.6) is 5.75 Å². The number of benzene rings is 1. The fourth-order valence-electron chi connectivity index (χ4n) is 4.41. The van der Waals surface area contributed by atoms with Gasteiger partial charge in [0.2, 0.25) is 0 Å². The molecule has 0 amide bonds. The fourth-order valence-corrected chi connectivity index (χ4v) is 4.41. The number of ether oxygens (including phenoxy) is 2. The molecule has 2 aromatic heterocycles. The fraction of sp³-hybridized carbons (Fsp3) is 0.400. The quantitative estimate of drug-likeness (QED) is 0.492. The molecule has 7 heteroatoms. The number of hydrogen-bond acceptors (Lipinski definition) is 7. The second-order valence-corrected chi connectivity index (χ2v) is 8.26. The Balaban J connectivity index is 1.54. The summed E-state index contributed by atoms with van der Waals surface area (Å²) in [6, 6.07) is 13.6. The molecule has 0 bridgehead atoms. The van der Waals surface area contributed by atoms with Crippen molar-refractivity contribution < 1.29 is 18.8 Å². The number of hydrogen-bond donors (Lipinski definition) is 0. The summed E-state index contributed by atoms with van der Waals surface area (Å²) in [4.78, 5) is 19.6. The Morgan fingerprint density at radius 2 is 2.09 bits per heavy atom. The average Bonchev–Trinajstić information content (AvgIpc) is 3.28. The first-order chi connectivity index (χ1) is 15.6. The van der Waals surface area contributed by atoms with E-state index in [1.807, 2.05) is 49.5 Å². The molecule has 0 spiro atoms. The lowest BCUT2D eigenvalue weighted by Gasteiger charge is -2.40. The van der Waals surface area contributed by atoms with Gasteiger partial charge in [0.1, 0.15) is 17.2 Å². The van der Waals surface area contributed by atoms with Crippen molar-refractivity contribution in [1.82, 2.24) is 15.0 Å². The molecule has 1 aromatic carbocycles. The minimum absolute atomic E-state index is 0.168. The summed E-state index contributed by atoms with van der Waals surface area (Å²) in [5.74, 6) is 1.31. The zero-order valence-corrected chi connectivity index (χ0v) is 18.6. The molecule has 1 atom stereocenters. The number of methoxy groups -OCH3 is 1. The maximum atomic E-state index is 13.1. The molecular formula is C25H29N3O4. The van der Waals surface area contributed by atoms with Crippen LogP contribution in [-0.4, -0.2) is 47.8 Å². The van der Waals surface area contributed by atoms with E-state index in [1.165, 1.54) is 0 Å². The minimum Gasteiger partial charge on any atom is -0.497 e. The van der Waals surface area contributed by atoms with E-state index in [2.05, 4.69) is 21.1 Å². The van der Waals surface area contributed by atoms with E-state index >= 15 is 0 Å². The van der Waals surface area contributed by atoms with Gasteiger partial charge in [0, 0.05) is 43.5 Å². The largest absolute Gasteiger partial charge is 0.497 e. The van der Waals surface area contributed by atoms with Crippen LogP contribution in [0.4, 0.5) is 0 Å². The Hall–Kier alpha value is -3.19. The van der Waals surface area contributed by atoms with Crippen molar-refractivity contribution in [3.63, 3.8) is 0 Å². The summed E-state index contributed by atoms with van der Waals surface area (Å²) < 4.78 is 16.4. The summed E-state index contributed by atoms with van der Waals surface area (Å²) >= 11 is 0. The molecule has 1 aliphatic rings. The molecule has 3 heterocycles. The Bertz CT molecular complexity index is 1020. The van der Waals surface area contributed by atoms with Crippen molar-refractivity contribution in [2.75, 3.05) is 26.8 Å². The summed E-state index contributed by atoms with van der Waals surface area (Å²) in [6.07, 6.45) is 5.77. The van der Waals surface area contributed by atoms with Gasteiger partial charge in [0.05, 0.1) is 19.1 Å². The van der Waals surface area contributed by atoms with Crippen molar-refractivity contribution in [2.24, 2.45) is 5.41 Å². The standard InChI is InChI=1S/C25H29N3O4/c1-3-31-24(29)25(11-5-13-28(18-25)17-19-6-4-12-26-16-19)15-22-14-23(27-32-22)20-7-9-21(30-2)10-8-20/h4,6-10,12,14,16H,3,5,11,13,15,17-18H2,1-2H3. The van der Waals surface area contributed by atoms with Gasteiger partial charge >= 0.3 is 5.97 Å². The molecule has 32 heavy (non-hydrogen) atoms. The Morgan fingerprint density at radius 3 is 2.81 bits per heavy atom. The number of esters is 1. The molecule has 7 nitrogen and oxygen atoms in total. The number of carbonyl (C=O) groups excluding carboxylic acids is 1. The number of aromatic nitrogens is 2. The highest BCUT2D eigenvalue weighted by Gasteiger charge is 2.44. The highest BCUT2D eigenvalue weighted by Crippen LogP contribution is 2.37. The first-order valence-corrected chi connectivity index (χ1v) is 11.0. The molecule has 1 aliphatic heterocycles. The van der Waals surface area contributed by atoms with E-state index in [4.69, 9.17) is 14.0 Å². The van der Waals surface area contributed by atoms with E-state index in [1.54, 1.807) is 13.3 Å². The van der Waals surface area contributed by atoms with Gasteiger partial charge in [0.15, 0.2) is 0 Å². The number of pyridine rings is 1. The first-order valence-electron chi connectivity index (χ1n) is 11.0. The number of rotatable bonds is 8. The van der Waals surface area contributed by atoms with Crippen LogP contribution in [0.15, 0.2) is 59.4 Å². The molecule has 0 saturated carbocycles. The molecule has 3 aromatic rings. The zero-order chi connectivity index (χ0) is 22.4. The van der Waals surface area contributed by atoms with Crippen molar-refractivity contribution in [2.45, 2.75) is 32.7 Å². The Labute approximate surface area is 188 Å². The highest BCUT2D eigenvalue weighted by molar-refractivity contribution is 5.77. The SMILES string of the molecule is CCOC(=O)C1(Cc2cc(-c3ccc(OC)cc3)no2)CCCN(Cc2cccnc2)C1. The summed E-state index contributed by atoms with van der Waals surface area (Å²) in [6.45, 7) is 4.50. The molecule has 0 radical (unpaired) electrons. The summed E-state index contributed by atoms with van der Waals surface area (Å²) in [5, 5.41) is 4.24. The smallest absolute Gasteiger partial charge is 0.313 e. The van der Waals surface area contributed by atoms with Crippen molar-refractivity contribution in [3.05, 3.63) is 66.2 Å². The van der Waals surface area contributed by atoms with Crippen molar-refractivity contribution in [1.29, 1.82) is 0 Å². The lowest BCUT2D eigenvalue weighted by molar-refractivity contribution is -0.159. The molecular weight excluding hydrogens is 406 g/mol. The van der Waals surface area contributed by atoms with E-state index in [9.17, 15) is 4.79 Å². The predicted molar refractivity (Wildman–Crippen MR) is 120 cm³/mol. The van der Waals surface area contributed by atoms with Crippen molar-refractivity contribution >= 4 is 5.97 Å². The lowest BCUT2D eigenvalue weighted by Crippen LogP contribution is -2.49. The van der Waals surface area contributed by atoms with E-state index in [0.717, 1.165) is 48.5 Å². The van der Waals surface area contributed by atoms with Crippen LogP contribution in [-0.2, 0) is 22.5 Å².